The van der Waals surface area contributed by atoms with E-state index in [1.54, 1.807) is 17.4 Å². The van der Waals surface area contributed by atoms with E-state index in [-0.39, 0.29) is 25.1 Å². The molecule has 2 aromatic rings. The summed E-state index contributed by atoms with van der Waals surface area (Å²) in [4.78, 5) is 18.8. The van der Waals surface area contributed by atoms with Crippen LogP contribution in [0.3, 0.4) is 0 Å². The Morgan fingerprint density at radius 3 is 2.94 bits per heavy atom. The Hall–Kier alpha value is -2.19. The van der Waals surface area contributed by atoms with Gasteiger partial charge in [-0.3, -0.25) is 9.69 Å². The number of thiophene rings is 1. The highest BCUT2D eigenvalue weighted by Gasteiger charge is 2.33. The monoisotopic (exact) mass is 486 g/mol. The standard InChI is InChI=1S/C27H38N2O4S/c1-5-11-28(16-22(30)18-32-13-6-2)17-27(31)29-12-9-26-23(10-14-34-26)24(29)19-33-25-8-7-20(3)15-21(25)4/h6-8,10,14-15,22,24,30H,2,5,9,11-13,16-19H2,1,3-4H3. The second kappa shape index (κ2) is 13.0. The molecule has 1 aromatic carbocycles. The van der Waals surface area contributed by atoms with Crippen LogP contribution in [0.1, 0.15) is 41.0 Å². The van der Waals surface area contributed by atoms with Crippen LogP contribution in [0.15, 0.2) is 42.3 Å². The van der Waals surface area contributed by atoms with Crippen molar-refractivity contribution in [1.29, 1.82) is 0 Å². The van der Waals surface area contributed by atoms with Gasteiger partial charge in [0.25, 0.3) is 0 Å². The predicted octanol–water partition coefficient (Wildman–Crippen LogP) is 4.15. The van der Waals surface area contributed by atoms with E-state index in [4.69, 9.17) is 9.47 Å². The number of nitrogens with zero attached hydrogens (tertiary/aromatic N) is 2. The summed E-state index contributed by atoms with van der Waals surface area (Å²) in [5, 5.41) is 12.5. The second-order valence-corrected chi connectivity index (χ2v) is 9.95. The van der Waals surface area contributed by atoms with E-state index >= 15 is 0 Å². The summed E-state index contributed by atoms with van der Waals surface area (Å²) in [5.74, 6) is 0.925. The Morgan fingerprint density at radius 2 is 2.21 bits per heavy atom. The molecule has 2 unspecified atom stereocenters. The molecule has 0 saturated carbocycles. The number of carbonyl (C=O) groups is 1. The highest BCUT2D eigenvalue weighted by molar-refractivity contribution is 7.10. The van der Waals surface area contributed by atoms with Gasteiger partial charge >= 0.3 is 0 Å². The van der Waals surface area contributed by atoms with E-state index < -0.39 is 6.10 Å². The number of aliphatic hydroxyl groups excluding tert-OH is 1. The quantitative estimate of drug-likeness (QED) is 0.341. The number of fused-ring (bicyclic) bond motifs is 1. The largest absolute Gasteiger partial charge is 0.491 e. The van der Waals surface area contributed by atoms with Gasteiger partial charge < -0.3 is 19.5 Å². The van der Waals surface area contributed by atoms with Gasteiger partial charge in [-0.15, -0.1) is 17.9 Å². The van der Waals surface area contributed by atoms with Gasteiger partial charge in [-0.05, 0) is 61.9 Å². The first-order valence-corrected chi connectivity index (χ1v) is 13.0. The lowest BCUT2D eigenvalue weighted by molar-refractivity contribution is -0.136. The van der Waals surface area contributed by atoms with Crippen LogP contribution in [-0.4, -0.2) is 72.9 Å². The molecule has 2 atom stereocenters. The van der Waals surface area contributed by atoms with Crippen molar-refractivity contribution in [2.24, 2.45) is 0 Å². The number of aryl methyl sites for hydroxylation is 2. The minimum absolute atomic E-state index is 0.0683. The van der Waals surface area contributed by atoms with Crippen LogP contribution < -0.4 is 4.74 Å². The molecule has 0 fully saturated rings. The Morgan fingerprint density at radius 1 is 1.38 bits per heavy atom. The van der Waals surface area contributed by atoms with E-state index in [2.05, 4.69) is 50.9 Å². The minimum Gasteiger partial charge on any atom is -0.491 e. The zero-order valence-corrected chi connectivity index (χ0v) is 21.5. The lowest BCUT2D eigenvalue weighted by Crippen LogP contribution is -2.48. The van der Waals surface area contributed by atoms with Crippen molar-refractivity contribution >= 4 is 17.2 Å². The maximum atomic E-state index is 13.5. The van der Waals surface area contributed by atoms with Crippen LogP contribution >= 0.6 is 11.3 Å². The number of carbonyl (C=O) groups excluding carboxylic acids is 1. The number of hydrogen-bond acceptors (Lipinski definition) is 6. The number of hydrogen-bond donors (Lipinski definition) is 1. The zero-order valence-electron chi connectivity index (χ0n) is 20.7. The van der Waals surface area contributed by atoms with Crippen molar-refractivity contribution in [3.63, 3.8) is 0 Å². The van der Waals surface area contributed by atoms with Gasteiger partial charge in [0, 0.05) is 18.0 Å². The van der Waals surface area contributed by atoms with Crippen LogP contribution in [-0.2, 0) is 16.0 Å². The molecular formula is C27H38N2O4S. The Bertz CT molecular complexity index is 944. The van der Waals surface area contributed by atoms with Gasteiger partial charge in [0.15, 0.2) is 0 Å². The average molecular weight is 487 g/mol. The zero-order chi connectivity index (χ0) is 24.5. The van der Waals surface area contributed by atoms with Crippen LogP contribution in [0.4, 0.5) is 0 Å². The number of rotatable bonds is 13. The van der Waals surface area contributed by atoms with E-state index in [9.17, 15) is 9.90 Å². The number of aliphatic hydroxyl groups is 1. The average Bonchev–Trinajstić information content (AvgIpc) is 3.28. The van der Waals surface area contributed by atoms with Gasteiger partial charge in [-0.25, -0.2) is 0 Å². The molecular weight excluding hydrogens is 448 g/mol. The first kappa shape index (κ1) is 26.4. The smallest absolute Gasteiger partial charge is 0.237 e. The van der Waals surface area contributed by atoms with E-state index in [0.717, 1.165) is 30.7 Å². The molecule has 186 valence electrons. The Kier molecular flexibility index (Phi) is 10.1. The molecule has 1 N–H and O–H groups in total. The topological polar surface area (TPSA) is 62.2 Å². The highest BCUT2D eigenvalue weighted by atomic mass is 32.1. The third-order valence-electron chi connectivity index (χ3n) is 6.06. The molecule has 6 nitrogen and oxygen atoms in total. The lowest BCUT2D eigenvalue weighted by atomic mass is 10.00. The molecule has 0 aliphatic carbocycles. The van der Waals surface area contributed by atoms with Crippen molar-refractivity contribution in [2.75, 3.05) is 46.0 Å². The number of amides is 1. The minimum atomic E-state index is -0.646. The normalized spacial score (nSPS) is 16.4. The number of ether oxygens (including phenoxy) is 2. The summed E-state index contributed by atoms with van der Waals surface area (Å²) in [7, 11) is 0. The van der Waals surface area contributed by atoms with E-state index in [0.29, 0.717) is 26.3 Å². The summed E-state index contributed by atoms with van der Waals surface area (Å²) in [6, 6.07) is 8.18. The highest BCUT2D eigenvalue weighted by Crippen LogP contribution is 2.34. The van der Waals surface area contributed by atoms with Crippen LogP contribution in [0.5, 0.6) is 5.75 Å². The molecule has 3 rings (SSSR count). The molecule has 2 heterocycles. The summed E-state index contributed by atoms with van der Waals surface area (Å²) in [6.07, 6.45) is 2.79. The summed E-state index contributed by atoms with van der Waals surface area (Å²) in [6.45, 7) is 13.0. The maximum Gasteiger partial charge on any atom is 0.237 e. The third kappa shape index (κ3) is 7.15. The Balaban J connectivity index is 1.69. The summed E-state index contributed by atoms with van der Waals surface area (Å²) >= 11 is 1.75. The first-order chi connectivity index (χ1) is 16.4. The van der Waals surface area contributed by atoms with Crippen LogP contribution in [0.2, 0.25) is 0 Å². The third-order valence-corrected chi connectivity index (χ3v) is 7.05. The molecule has 1 aliphatic heterocycles. The van der Waals surface area contributed by atoms with Gasteiger partial charge in [0.05, 0.1) is 31.9 Å². The SMILES string of the molecule is C=CCOCC(O)CN(CCC)CC(=O)N1CCc2sccc2C1COc1ccc(C)cc1C. The molecule has 0 bridgehead atoms. The molecule has 0 spiro atoms. The molecule has 7 heteroatoms. The predicted molar refractivity (Wildman–Crippen MR) is 138 cm³/mol. The molecule has 1 amide bonds. The number of benzene rings is 1. The summed E-state index contributed by atoms with van der Waals surface area (Å²) < 4.78 is 11.6. The first-order valence-electron chi connectivity index (χ1n) is 12.1. The maximum absolute atomic E-state index is 13.5. The summed E-state index contributed by atoms with van der Waals surface area (Å²) in [5.41, 5.74) is 3.49. The van der Waals surface area contributed by atoms with Gasteiger partial charge in [-0.1, -0.05) is 30.7 Å². The lowest BCUT2D eigenvalue weighted by Gasteiger charge is -2.37. The van der Waals surface area contributed by atoms with Crippen LogP contribution in [0, 0.1) is 13.8 Å². The van der Waals surface area contributed by atoms with Gasteiger partial charge in [-0.2, -0.15) is 0 Å². The van der Waals surface area contributed by atoms with E-state index in [1.165, 1.54) is 16.0 Å². The molecule has 0 radical (unpaired) electrons. The Labute approximate surface area is 207 Å². The molecule has 0 saturated heterocycles. The van der Waals surface area contributed by atoms with Crippen molar-refractivity contribution in [3.05, 3.63) is 63.9 Å². The van der Waals surface area contributed by atoms with Crippen molar-refractivity contribution in [2.45, 2.75) is 45.8 Å². The van der Waals surface area contributed by atoms with E-state index in [1.807, 2.05) is 15.9 Å². The molecule has 1 aromatic heterocycles. The molecule has 34 heavy (non-hydrogen) atoms. The van der Waals surface area contributed by atoms with Crippen molar-refractivity contribution in [1.82, 2.24) is 9.80 Å². The van der Waals surface area contributed by atoms with Crippen molar-refractivity contribution < 1.29 is 19.4 Å². The fourth-order valence-corrected chi connectivity index (χ4v) is 5.40. The van der Waals surface area contributed by atoms with Gasteiger partial charge in [0.1, 0.15) is 12.4 Å². The fourth-order valence-electron chi connectivity index (χ4n) is 4.48. The van der Waals surface area contributed by atoms with Gasteiger partial charge in [0.2, 0.25) is 5.91 Å². The van der Waals surface area contributed by atoms with Crippen molar-refractivity contribution in [3.8, 4) is 5.75 Å². The fraction of sp³-hybridized carbons (Fsp3) is 0.519. The second-order valence-electron chi connectivity index (χ2n) is 8.95. The van der Waals surface area contributed by atoms with Crippen LogP contribution in [0.25, 0.3) is 0 Å². The molecule has 1 aliphatic rings.